The quantitative estimate of drug-likeness (QED) is 0.824. The van der Waals surface area contributed by atoms with Crippen molar-refractivity contribution in [3.63, 3.8) is 0 Å². The lowest BCUT2D eigenvalue weighted by Crippen LogP contribution is -2.72. The second-order valence-corrected chi connectivity index (χ2v) is 8.19. The van der Waals surface area contributed by atoms with Crippen LogP contribution in [-0.4, -0.2) is 59.5 Å². The molecule has 0 bridgehead atoms. The molecule has 0 N–H and O–H groups in total. The molecule has 1 atom stereocenters. The van der Waals surface area contributed by atoms with E-state index in [4.69, 9.17) is 4.74 Å². The topological polar surface area (TPSA) is 45.7 Å². The van der Waals surface area contributed by atoms with Crippen LogP contribution in [0.25, 0.3) is 0 Å². The van der Waals surface area contributed by atoms with Gasteiger partial charge in [-0.15, -0.1) is 11.3 Å². The van der Waals surface area contributed by atoms with E-state index in [1.165, 1.54) is 23.6 Å². The predicted octanol–water partition coefficient (Wildman–Crippen LogP) is 2.90. The first-order valence-electron chi connectivity index (χ1n) is 8.85. The van der Waals surface area contributed by atoms with Gasteiger partial charge in [-0.25, -0.2) is 9.37 Å². The van der Waals surface area contributed by atoms with Crippen molar-refractivity contribution in [1.82, 2.24) is 14.8 Å². The van der Waals surface area contributed by atoms with Crippen LogP contribution in [0.3, 0.4) is 0 Å². The summed E-state index contributed by atoms with van der Waals surface area (Å²) in [6, 6.07) is 6.70. The smallest absolute Gasteiger partial charge is 0.264 e. The fourth-order valence-corrected chi connectivity index (χ4v) is 4.65. The summed E-state index contributed by atoms with van der Waals surface area (Å²) in [6.45, 7) is 2.91. The molecule has 7 heteroatoms. The molecule has 0 aromatic carbocycles. The molecule has 1 unspecified atom stereocenters. The van der Waals surface area contributed by atoms with E-state index in [1.54, 1.807) is 6.07 Å². The Morgan fingerprint density at radius 1 is 1.42 bits per heavy atom. The summed E-state index contributed by atoms with van der Waals surface area (Å²) in [6.07, 6.45) is 3.49. The predicted molar refractivity (Wildman–Crippen MR) is 98.0 cm³/mol. The lowest BCUT2D eigenvalue weighted by atomic mass is 9.75. The average Bonchev–Trinajstić information content (AvgIpc) is 3.14. The third-order valence-corrected chi connectivity index (χ3v) is 6.38. The monoisotopic (exact) mass is 375 g/mol. The zero-order valence-electron chi connectivity index (χ0n) is 14.7. The molecule has 2 aliphatic heterocycles. The first kappa shape index (κ1) is 17.4. The van der Waals surface area contributed by atoms with Crippen LogP contribution < -0.4 is 4.74 Å². The highest BCUT2D eigenvalue weighted by Crippen LogP contribution is 2.39. The second-order valence-electron chi connectivity index (χ2n) is 7.24. The maximum Gasteiger partial charge on any atom is 0.264 e. The number of aromatic nitrogens is 1. The molecule has 1 amide bonds. The maximum absolute atomic E-state index is 13.7. The summed E-state index contributed by atoms with van der Waals surface area (Å²) in [7, 11) is 2.13. The summed E-state index contributed by atoms with van der Waals surface area (Å²) >= 11 is 1.48. The number of piperidine rings is 1. The molecule has 26 heavy (non-hydrogen) atoms. The maximum atomic E-state index is 13.7. The highest BCUT2D eigenvalue weighted by atomic mass is 32.1. The second kappa shape index (κ2) is 6.96. The fourth-order valence-electron chi connectivity index (χ4n) is 3.96. The Bertz CT molecular complexity index is 777. The zero-order valence-corrected chi connectivity index (χ0v) is 15.5. The van der Waals surface area contributed by atoms with Gasteiger partial charge in [0.05, 0.1) is 17.0 Å². The number of halogens is 1. The van der Waals surface area contributed by atoms with E-state index in [9.17, 15) is 9.18 Å². The van der Waals surface area contributed by atoms with Crippen LogP contribution in [0.4, 0.5) is 4.39 Å². The van der Waals surface area contributed by atoms with E-state index < -0.39 is 5.82 Å². The number of ether oxygens (including phenoxy) is 1. The number of carbonyl (C=O) groups excluding carboxylic acids is 1. The molecule has 1 spiro atoms. The van der Waals surface area contributed by atoms with E-state index in [2.05, 4.69) is 16.9 Å². The molecule has 2 saturated heterocycles. The van der Waals surface area contributed by atoms with Crippen LogP contribution in [0.5, 0.6) is 5.88 Å². The van der Waals surface area contributed by atoms with Gasteiger partial charge in [-0.3, -0.25) is 9.69 Å². The minimum absolute atomic E-state index is 0.0157. The summed E-state index contributed by atoms with van der Waals surface area (Å²) in [5.74, 6) is 0.106. The lowest BCUT2D eigenvalue weighted by molar-refractivity contribution is -0.0695. The van der Waals surface area contributed by atoms with Crippen LogP contribution in [0, 0.1) is 11.7 Å². The molecule has 138 valence electrons. The molecule has 2 aromatic heterocycles. The van der Waals surface area contributed by atoms with Gasteiger partial charge in [-0.05, 0) is 55.9 Å². The van der Waals surface area contributed by atoms with Gasteiger partial charge in [-0.1, -0.05) is 6.07 Å². The van der Waals surface area contributed by atoms with E-state index in [-0.39, 0.29) is 17.3 Å². The van der Waals surface area contributed by atoms with Gasteiger partial charge < -0.3 is 9.64 Å². The Kier molecular flexibility index (Phi) is 4.67. The standard InChI is InChI=1S/C19H22FN3O2S/c1-22-8-6-14(11-25-17-15(20)4-2-7-21-17)10-19(22)12-23(13-19)18(24)16-5-3-9-26-16/h2-5,7,9,14H,6,8,10-13H2,1H3. The third-order valence-electron chi connectivity index (χ3n) is 5.52. The number of likely N-dealkylation sites (tertiary alicyclic amines) is 2. The van der Waals surface area contributed by atoms with E-state index in [1.807, 2.05) is 22.4 Å². The van der Waals surface area contributed by atoms with E-state index in [0.717, 1.165) is 37.4 Å². The SMILES string of the molecule is CN1CCC(COc2ncccc2F)CC12CN(C(=O)c1cccs1)C2. The first-order valence-corrected chi connectivity index (χ1v) is 9.73. The number of likely N-dealkylation sites (N-methyl/N-ethyl adjacent to an activating group) is 1. The first-order chi connectivity index (χ1) is 12.6. The molecule has 4 heterocycles. The number of thiophene rings is 1. The number of hydrogen-bond donors (Lipinski definition) is 0. The molecule has 0 aliphatic carbocycles. The Balaban J connectivity index is 1.36. The van der Waals surface area contributed by atoms with Crippen molar-refractivity contribution in [2.45, 2.75) is 18.4 Å². The molecule has 4 rings (SSSR count). The Morgan fingerprint density at radius 3 is 3.00 bits per heavy atom. The fraction of sp³-hybridized carbons (Fsp3) is 0.474. The molecular formula is C19H22FN3O2S. The van der Waals surface area contributed by atoms with Gasteiger partial charge in [0, 0.05) is 19.3 Å². The van der Waals surface area contributed by atoms with Crippen LogP contribution in [-0.2, 0) is 0 Å². The van der Waals surface area contributed by atoms with Gasteiger partial charge in [0.2, 0.25) is 5.88 Å². The van der Waals surface area contributed by atoms with Crippen molar-refractivity contribution in [2.75, 3.05) is 33.3 Å². The van der Waals surface area contributed by atoms with Crippen molar-refractivity contribution in [3.05, 3.63) is 46.5 Å². The number of pyridine rings is 1. The van der Waals surface area contributed by atoms with Crippen molar-refractivity contribution >= 4 is 17.2 Å². The Hall–Kier alpha value is -1.99. The van der Waals surface area contributed by atoms with Crippen LogP contribution in [0.1, 0.15) is 22.5 Å². The molecule has 2 aromatic rings. The minimum atomic E-state index is -0.425. The number of amides is 1. The van der Waals surface area contributed by atoms with Gasteiger partial charge in [0.15, 0.2) is 5.82 Å². The summed E-state index contributed by atoms with van der Waals surface area (Å²) in [5, 5.41) is 1.93. The molecule has 5 nitrogen and oxygen atoms in total. The molecule has 0 saturated carbocycles. The number of carbonyl (C=O) groups is 1. The van der Waals surface area contributed by atoms with Crippen molar-refractivity contribution in [1.29, 1.82) is 0 Å². The summed E-state index contributed by atoms with van der Waals surface area (Å²) in [5.41, 5.74) is 0.0157. The minimum Gasteiger partial charge on any atom is -0.475 e. The number of nitrogens with zero attached hydrogens (tertiary/aromatic N) is 3. The highest BCUT2D eigenvalue weighted by molar-refractivity contribution is 7.12. The Morgan fingerprint density at radius 2 is 2.27 bits per heavy atom. The number of hydrogen-bond acceptors (Lipinski definition) is 5. The third kappa shape index (κ3) is 3.21. The van der Waals surface area contributed by atoms with Crippen LogP contribution in [0.15, 0.2) is 35.8 Å². The lowest BCUT2D eigenvalue weighted by Gasteiger charge is -2.58. The largest absolute Gasteiger partial charge is 0.475 e. The van der Waals surface area contributed by atoms with Crippen LogP contribution >= 0.6 is 11.3 Å². The van der Waals surface area contributed by atoms with Crippen LogP contribution in [0.2, 0.25) is 0 Å². The molecule has 2 aliphatic rings. The Labute approximate surface area is 156 Å². The van der Waals surface area contributed by atoms with Gasteiger partial charge in [0.25, 0.3) is 5.91 Å². The number of rotatable bonds is 4. The van der Waals surface area contributed by atoms with Crippen molar-refractivity contribution in [2.24, 2.45) is 5.92 Å². The van der Waals surface area contributed by atoms with Gasteiger partial charge in [0.1, 0.15) is 0 Å². The van der Waals surface area contributed by atoms with E-state index >= 15 is 0 Å². The molecule has 2 fully saturated rings. The summed E-state index contributed by atoms with van der Waals surface area (Å²) < 4.78 is 19.3. The van der Waals surface area contributed by atoms with Gasteiger partial charge >= 0.3 is 0 Å². The zero-order chi connectivity index (χ0) is 18.1. The van der Waals surface area contributed by atoms with E-state index in [0.29, 0.717) is 12.5 Å². The van der Waals surface area contributed by atoms with Crippen molar-refractivity contribution < 1.29 is 13.9 Å². The molecular weight excluding hydrogens is 353 g/mol. The normalized spacial score (nSPS) is 22.2. The highest BCUT2D eigenvalue weighted by Gasteiger charge is 2.51. The summed E-state index contributed by atoms with van der Waals surface area (Å²) in [4.78, 5) is 21.5. The molecule has 0 radical (unpaired) electrons. The average molecular weight is 375 g/mol. The van der Waals surface area contributed by atoms with Gasteiger partial charge in [-0.2, -0.15) is 0 Å². The van der Waals surface area contributed by atoms with Crippen molar-refractivity contribution in [3.8, 4) is 5.88 Å².